The predicted molar refractivity (Wildman–Crippen MR) is 58.4 cm³/mol. The Labute approximate surface area is 90.1 Å². The highest BCUT2D eigenvalue weighted by Crippen LogP contribution is 2.21. The average molecular weight is 210 g/mol. The highest BCUT2D eigenvalue weighted by Gasteiger charge is 2.24. The van der Waals surface area contributed by atoms with Gasteiger partial charge in [0, 0.05) is 13.0 Å². The van der Waals surface area contributed by atoms with Crippen LogP contribution in [-0.4, -0.2) is 22.1 Å². The van der Waals surface area contributed by atoms with Crippen LogP contribution in [0.5, 0.6) is 0 Å². The van der Waals surface area contributed by atoms with Crippen LogP contribution in [0.3, 0.4) is 0 Å². The summed E-state index contributed by atoms with van der Waals surface area (Å²) in [7, 11) is 1.62. The number of aromatic nitrogens is 3. The third-order valence-electron chi connectivity index (χ3n) is 2.24. The van der Waals surface area contributed by atoms with Gasteiger partial charge in [0.1, 0.15) is 11.4 Å². The highest BCUT2D eigenvalue weighted by molar-refractivity contribution is 5.19. The number of methoxy groups -OCH3 is 1. The van der Waals surface area contributed by atoms with Gasteiger partial charge in [-0.1, -0.05) is 13.8 Å². The maximum atomic E-state index is 5.63. The van der Waals surface area contributed by atoms with Crippen molar-refractivity contribution in [1.82, 2.24) is 15.0 Å². The van der Waals surface area contributed by atoms with E-state index in [-0.39, 0.29) is 11.9 Å². The lowest BCUT2D eigenvalue weighted by atomic mass is 10.1. The molecule has 0 amide bonds. The van der Waals surface area contributed by atoms with Crippen LogP contribution in [0.1, 0.15) is 45.3 Å². The third kappa shape index (κ3) is 2.62. The molecule has 0 atom stereocenters. The molecule has 1 aromatic heterocycles. The molecule has 1 heterocycles. The molecule has 5 heteroatoms. The van der Waals surface area contributed by atoms with Crippen LogP contribution in [0.25, 0.3) is 0 Å². The van der Waals surface area contributed by atoms with Crippen LogP contribution in [0.2, 0.25) is 0 Å². The molecule has 0 radical (unpaired) electrons. The smallest absolute Gasteiger partial charge is 0.223 e. The molecule has 0 spiro atoms. The largest absolute Gasteiger partial charge is 0.371 e. The van der Waals surface area contributed by atoms with Gasteiger partial charge in [-0.3, -0.25) is 0 Å². The lowest BCUT2D eigenvalue weighted by Gasteiger charge is -2.21. The molecule has 0 aliphatic rings. The molecule has 0 aromatic carbocycles. The van der Waals surface area contributed by atoms with E-state index < -0.39 is 5.60 Å². The van der Waals surface area contributed by atoms with E-state index in [1.54, 1.807) is 7.11 Å². The van der Waals surface area contributed by atoms with Gasteiger partial charge in [0.15, 0.2) is 5.82 Å². The molecule has 5 nitrogen and oxygen atoms in total. The van der Waals surface area contributed by atoms with Crippen LogP contribution >= 0.6 is 0 Å². The summed E-state index contributed by atoms with van der Waals surface area (Å²) in [6.07, 6.45) is 0. The first kappa shape index (κ1) is 11.8. The van der Waals surface area contributed by atoms with Gasteiger partial charge >= 0.3 is 0 Å². The van der Waals surface area contributed by atoms with Gasteiger partial charge in [-0.05, 0) is 13.8 Å². The summed E-state index contributed by atoms with van der Waals surface area (Å²) in [5.74, 6) is 1.74. The second-order valence-electron chi connectivity index (χ2n) is 4.24. The van der Waals surface area contributed by atoms with E-state index in [9.17, 15) is 0 Å². The van der Waals surface area contributed by atoms with E-state index in [0.29, 0.717) is 11.6 Å². The number of nitrogen functional groups attached to an aromatic ring is 1. The van der Waals surface area contributed by atoms with Crippen molar-refractivity contribution in [2.45, 2.75) is 39.2 Å². The number of hydrogen-bond donors (Lipinski definition) is 1. The van der Waals surface area contributed by atoms with Crippen molar-refractivity contribution >= 4 is 5.95 Å². The second kappa shape index (κ2) is 4.10. The van der Waals surface area contributed by atoms with E-state index in [2.05, 4.69) is 15.0 Å². The van der Waals surface area contributed by atoms with Gasteiger partial charge in [0.25, 0.3) is 0 Å². The number of rotatable bonds is 3. The van der Waals surface area contributed by atoms with Crippen LogP contribution < -0.4 is 5.73 Å². The lowest BCUT2D eigenvalue weighted by Crippen LogP contribution is -2.25. The van der Waals surface area contributed by atoms with E-state index in [1.165, 1.54) is 0 Å². The minimum Gasteiger partial charge on any atom is -0.371 e. The normalized spacial score (nSPS) is 12.1. The Morgan fingerprint density at radius 1 is 1.20 bits per heavy atom. The van der Waals surface area contributed by atoms with E-state index >= 15 is 0 Å². The zero-order valence-corrected chi connectivity index (χ0v) is 9.90. The fourth-order valence-electron chi connectivity index (χ4n) is 1.03. The minimum atomic E-state index is -0.541. The molecular formula is C10H18N4O. The number of nitrogens with zero attached hydrogens (tertiary/aromatic N) is 3. The van der Waals surface area contributed by atoms with Crippen molar-refractivity contribution in [3.05, 3.63) is 11.6 Å². The SMILES string of the molecule is COC(C)(C)c1nc(N)nc(C(C)C)n1. The Morgan fingerprint density at radius 2 is 1.80 bits per heavy atom. The molecule has 0 saturated heterocycles. The van der Waals surface area contributed by atoms with Crippen molar-refractivity contribution in [1.29, 1.82) is 0 Å². The fraction of sp³-hybridized carbons (Fsp3) is 0.700. The first-order valence-electron chi connectivity index (χ1n) is 4.94. The Kier molecular flexibility index (Phi) is 3.24. The summed E-state index contributed by atoms with van der Waals surface area (Å²) in [5, 5.41) is 0. The Balaban J connectivity index is 3.20. The number of anilines is 1. The second-order valence-corrected chi connectivity index (χ2v) is 4.24. The average Bonchev–Trinajstić information content (AvgIpc) is 2.16. The summed E-state index contributed by atoms with van der Waals surface area (Å²) < 4.78 is 5.31. The maximum absolute atomic E-state index is 5.63. The zero-order valence-electron chi connectivity index (χ0n) is 9.90. The van der Waals surface area contributed by atoms with Crippen molar-refractivity contribution < 1.29 is 4.74 Å². The molecule has 1 rings (SSSR count). The van der Waals surface area contributed by atoms with Crippen LogP contribution in [0.4, 0.5) is 5.95 Å². The molecular weight excluding hydrogens is 192 g/mol. The topological polar surface area (TPSA) is 73.9 Å². The van der Waals surface area contributed by atoms with Gasteiger partial charge in [-0.25, -0.2) is 4.98 Å². The Morgan fingerprint density at radius 3 is 2.27 bits per heavy atom. The standard InChI is InChI=1S/C10H18N4O/c1-6(2)7-12-8(10(3,4)15-5)14-9(11)13-7/h6H,1-5H3,(H2,11,12,13,14). The first-order chi connectivity index (χ1) is 6.86. The molecule has 0 aliphatic carbocycles. The van der Waals surface area contributed by atoms with Crippen molar-refractivity contribution in [3.63, 3.8) is 0 Å². The number of ether oxygens (including phenoxy) is 1. The molecule has 15 heavy (non-hydrogen) atoms. The first-order valence-corrected chi connectivity index (χ1v) is 4.94. The predicted octanol–water partition coefficient (Wildman–Crippen LogP) is 1.46. The van der Waals surface area contributed by atoms with Gasteiger partial charge in [0.2, 0.25) is 5.95 Å². The zero-order chi connectivity index (χ0) is 11.6. The van der Waals surface area contributed by atoms with Crippen molar-refractivity contribution in [2.75, 3.05) is 12.8 Å². The summed E-state index contributed by atoms with van der Waals surface area (Å²) >= 11 is 0. The monoisotopic (exact) mass is 210 g/mol. The van der Waals surface area contributed by atoms with E-state index in [0.717, 1.165) is 0 Å². The minimum absolute atomic E-state index is 0.224. The van der Waals surface area contributed by atoms with E-state index in [4.69, 9.17) is 10.5 Å². The van der Waals surface area contributed by atoms with Gasteiger partial charge in [-0.15, -0.1) is 0 Å². The third-order valence-corrected chi connectivity index (χ3v) is 2.24. The molecule has 84 valence electrons. The fourth-order valence-corrected chi connectivity index (χ4v) is 1.03. The van der Waals surface area contributed by atoms with Gasteiger partial charge in [0.05, 0.1) is 0 Å². The highest BCUT2D eigenvalue weighted by atomic mass is 16.5. The summed E-state index contributed by atoms with van der Waals surface area (Å²) in [5.41, 5.74) is 5.09. The summed E-state index contributed by atoms with van der Waals surface area (Å²) in [4.78, 5) is 12.5. The summed E-state index contributed by atoms with van der Waals surface area (Å²) in [6.45, 7) is 7.81. The lowest BCUT2D eigenvalue weighted by molar-refractivity contribution is 0.0111. The van der Waals surface area contributed by atoms with Crippen molar-refractivity contribution in [2.24, 2.45) is 0 Å². The Bertz CT molecular complexity index is 349. The van der Waals surface area contributed by atoms with Crippen molar-refractivity contribution in [3.8, 4) is 0 Å². The molecule has 0 fully saturated rings. The molecule has 0 saturated carbocycles. The van der Waals surface area contributed by atoms with Crippen LogP contribution in [-0.2, 0) is 10.3 Å². The maximum Gasteiger partial charge on any atom is 0.223 e. The van der Waals surface area contributed by atoms with Crippen LogP contribution in [0.15, 0.2) is 0 Å². The molecule has 1 aromatic rings. The number of hydrogen-bond acceptors (Lipinski definition) is 5. The number of nitrogens with two attached hydrogens (primary N) is 1. The summed E-state index contributed by atoms with van der Waals surface area (Å²) in [6, 6.07) is 0. The van der Waals surface area contributed by atoms with E-state index in [1.807, 2.05) is 27.7 Å². The van der Waals surface area contributed by atoms with Gasteiger partial charge in [-0.2, -0.15) is 9.97 Å². The molecule has 0 unspecified atom stereocenters. The molecule has 0 aliphatic heterocycles. The quantitative estimate of drug-likeness (QED) is 0.817. The van der Waals surface area contributed by atoms with Gasteiger partial charge < -0.3 is 10.5 Å². The molecule has 0 bridgehead atoms. The molecule has 2 N–H and O–H groups in total. The van der Waals surface area contributed by atoms with Crippen LogP contribution in [0, 0.1) is 0 Å². The Hall–Kier alpha value is -1.23.